The van der Waals surface area contributed by atoms with E-state index in [1.807, 2.05) is 0 Å². The van der Waals surface area contributed by atoms with E-state index in [9.17, 15) is 0 Å². The second kappa shape index (κ2) is 5.93. The molecule has 0 aliphatic carbocycles. The van der Waals surface area contributed by atoms with Gasteiger partial charge in [0, 0.05) is 45.0 Å². The van der Waals surface area contributed by atoms with E-state index in [0.29, 0.717) is 6.04 Å². The molecule has 3 nitrogen and oxygen atoms in total. The van der Waals surface area contributed by atoms with Crippen molar-refractivity contribution in [3.63, 3.8) is 0 Å². The van der Waals surface area contributed by atoms with Gasteiger partial charge >= 0.3 is 0 Å². The van der Waals surface area contributed by atoms with Gasteiger partial charge in [-0.25, -0.2) is 0 Å². The third-order valence-corrected chi connectivity index (χ3v) is 4.35. The zero-order valence-electron chi connectivity index (χ0n) is 13.0. The standard InChI is InChI=1S/C16H27N3/c1-12-8-14(3)16(9-13(12)2)19(5)11-15-10-17-6-7-18(15)4/h8-9,15,17H,6-7,10-11H2,1-5H3. The number of aryl methyl sites for hydroxylation is 3. The number of benzene rings is 1. The van der Waals surface area contributed by atoms with E-state index < -0.39 is 0 Å². The number of anilines is 1. The zero-order valence-corrected chi connectivity index (χ0v) is 13.0. The Morgan fingerprint density at radius 1 is 1.21 bits per heavy atom. The predicted molar refractivity (Wildman–Crippen MR) is 83.2 cm³/mol. The van der Waals surface area contributed by atoms with Gasteiger partial charge in [-0.2, -0.15) is 0 Å². The van der Waals surface area contributed by atoms with Gasteiger partial charge in [0.15, 0.2) is 0 Å². The highest BCUT2D eigenvalue weighted by Gasteiger charge is 2.20. The number of nitrogens with zero attached hydrogens (tertiary/aromatic N) is 2. The Balaban J connectivity index is 2.11. The monoisotopic (exact) mass is 261 g/mol. The van der Waals surface area contributed by atoms with Crippen LogP contribution >= 0.6 is 0 Å². The summed E-state index contributed by atoms with van der Waals surface area (Å²) in [6.07, 6.45) is 0. The number of nitrogens with one attached hydrogen (secondary N) is 1. The van der Waals surface area contributed by atoms with E-state index in [1.165, 1.54) is 22.4 Å². The first-order chi connectivity index (χ1) is 8.99. The minimum absolute atomic E-state index is 0.597. The highest BCUT2D eigenvalue weighted by Crippen LogP contribution is 2.23. The number of likely N-dealkylation sites (N-methyl/N-ethyl adjacent to an activating group) is 2. The fraction of sp³-hybridized carbons (Fsp3) is 0.625. The number of hydrogen-bond donors (Lipinski definition) is 1. The van der Waals surface area contributed by atoms with Gasteiger partial charge in [0.25, 0.3) is 0 Å². The van der Waals surface area contributed by atoms with E-state index in [-0.39, 0.29) is 0 Å². The molecule has 0 spiro atoms. The molecule has 1 aliphatic rings. The Kier molecular flexibility index (Phi) is 4.48. The summed E-state index contributed by atoms with van der Waals surface area (Å²) in [5.74, 6) is 0. The van der Waals surface area contributed by atoms with E-state index >= 15 is 0 Å². The predicted octanol–water partition coefficient (Wildman–Crippen LogP) is 1.95. The first kappa shape index (κ1) is 14.4. The second-order valence-corrected chi connectivity index (χ2v) is 5.94. The summed E-state index contributed by atoms with van der Waals surface area (Å²) in [6, 6.07) is 5.21. The largest absolute Gasteiger partial charge is 0.373 e. The maximum absolute atomic E-state index is 3.49. The maximum Gasteiger partial charge on any atom is 0.0396 e. The van der Waals surface area contributed by atoms with Crippen LogP contribution in [0.3, 0.4) is 0 Å². The molecule has 0 saturated carbocycles. The molecule has 0 radical (unpaired) electrons. The van der Waals surface area contributed by atoms with Crippen molar-refractivity contribution in [1.29, 1.82) is 0 Å². The summed E-state index contributed by atoms with van der Waals surface area (Å²) < 4.78 is 0. The topological polar surface area (TPSA) is 18.5 Å². The van der Waals surface area contributed by atoms with E-state index in [2.05, 4.69) is 62.1 Å². The van der Waals surface area contributed by atoms with Crippen molar-refractivity contribution in [2.75, 3.05) is 45.2 Å². The molecule has 2 rings (SSSR count). The lowest BCUT2D eigenvalue weighted by Gasteiger charge is -2.36. The quantitative estimate of drug-likeness (QED) is 0.897. The number of hydrogen-bond acceptors (Lipinski definition) is 3. The third kappa shape index (κ3) is 3.28. The van der Waals surface area contributed by atoms with Crippen LogP contribution in [0.15, 0.2) is 12.1 Å². The molecule has 1 unspecified atom stereocenters. The first-order valence-electron chi connectivity index (χ1n) is 7.19. The smallest absolute Gasteiger partial charge is 0.0396 e. The Hall–Kier alpha value is -1.06. The minimum atomic E-state index is 0.597. The highest BCUT2D eigenvalue weighted by atomic mass is 15.2. The van der Waals surface area contributed by atoms with Gasteiger partial charge in [0.1, 0.15) is 0 Å². The van der Waals surface area contributed by atoms with Gasteiger partial charge in [-0.3, -0.25) is 4.90 Å². The van der Waals surface area contributed by atoms with Gasteiger partial charge in [0.05, 0.1) is 0 Å². The fourth-order valence-electron chi connectivity index (χ4n) is 2.84. The molecule has 0 aromatic heterocycles. The van der Waals surface area contributed by atoms with Gasteiger partial charge in [0.2, 0.25) is 0 Å². The molecule has 1 aromatic carbocycles. The van der Waals surface area contributed by atoms with Crippen LogP contribution in [0.25, 0.3) is 0 Å². The van der Waals surface area contributed by atoms with Gasteiger partial charge in [-0.05, 0) is 50.6 Å². The molecule has 3 heteroatoms. The molecule has 1 saturated heterocycles. The van der Waals surface area contributed by atoms with Crippen molar-refractivity contribution in [3.05, 3.63) is 28.8 Å². The summed E-state index contributed by atoms with van der Waals surface area (Å²) >= 11 is 0. The lowest BCUT2D eigenvalue weighted by atomic mass is 10.0. The SMILES string of the molecule is Cc1cc(C)c(N(C)CC2CNCCN2C)cc1C. The third-order valence-electron chi connectivity index (χ3n) is 4.35. The molecule has 1 fully saturated rings. The van der Waals surface area contributed by atoms with Crippen LogP contribution in [0.4, 0.5) is 5.69 Å². The highest BCUT2D eigenvalue weighted by molar-refractivity contribution is 5.56. The Bertz CT molecular complexity index is 442. The molecule has 1 aromatic rings. The lowest BCUT2D eigenvalue weighted by molar-refractivity contribution is 0.204. The Morgan fingerprint density at radius 2 is 1.89 bits per heavy atom. The van der Waals surface area contributed by atoms with E-state index in [4.69, 9.17) is 0 Å². The summed E-state index contributed by atoms with van der Waals surface area (Å²) in [5.41, 5.74) is 5.49. The Morgan fingerprint density at radius 3 is 2.58 bits per heavy atom. The van der Waals surface area contributed by atoms with Crippen molar-refractivity contribution in [3.8, 4) is 0 Å². The first-order valence-corrected chi connectivity index (χ1v) is 7.19. The molecule has 1 aliphatic heterocycles. The normalized spacial score (nSPS) is 20.6. The van der Waals surface area contributed by atoms with Gasteiger partial charge < -0.3 is 10.2 Å². The molecule has 1 heterocycles. The van der Waals surface area contributed by atoms with Crippen LogP contribution in [0.1, 0.15) is 16.7 Å². The lowest BCUT2D eigenvalue weighted by Crippen LogP contribution is -2.53. The zero-order chi connectivity index (χ0) is 14.0. The molecule has 0 amide bonds. The van der Waals surface area contributed by atoms with Crippen LogP contribution in [0.2, 0.25) is 0 Å². The molecule has 1 atom stereocenters. The number of rotatable bonds is 3. The van der Waals surface area contributed by atoms with E-state index in [1.54, 1.807) is 0 Å². The van der Waals surface area contributed by atoms with Crippen molar-refractivity contribution in [1.82, 2.24) is 10.2 Å². The average Bonchev–Trinajstić information content (AvgIpc) is 2.36. The number of piperazine rings is 1. The summed E-state index contributed by atoms with van der Waals surface area (Å²) in [6.45, 7) is 11.0. The minimum Gasteiger partial charge on any atom is -0.373 e. The van der Waals surface area contributed by atoms with Crippen LogP contribution < -0.4 is 10.2 Å². The molecular formula is C16H27N3. The van der Waals surface area contributed by atoms with Crippen LogP contribution in [0, 0.1) is 20.8 Å². The average molecular weight is 261 g/mol. The van der Waals surface area contributed by atoms with Crippen molar-refractivity contribution in [2.45, 2.75) is 26.8 Å². The summed E-state index contributed by atoms with van der Waals surface area (Å²) in [7, 11) is 4.44. The summed E-state index contributed by atoms with van der Waals surface area (Å²) in [4.78, 5) is 4.86. The molecule has 106 valence electrons. The van der Waals surface area contributed by atoms with Crippen LogP contribution in [-0.4, -0.2) is 51.2 Å². The van der Waals surface area contributed by atoms with E-state index in [0.717, 1.165) is 26.2 Å². The molecular weight excluding hydrogens is 234 g/mol. The van der Waals surface area contributed by atoms with Gasteiger partial charge in [-0.1, -0.05) is 6.07 Å². The molecule has 19 heavy (non-hydrogen) atoms. The van der Waals surface area contributed by atoms with Crippen molar-refractivity contribution >= 4 is 5.69 Å². The van der Waals surface area contributed by atoms with Crippen molar-refractivity contribution < 1.29 is 0 Å². The maximum atomic E-state index is 3.49. The fourth-order valence-corrected chi connectivity index (χ4v) is 2.84. The molecule has 1 N–H and O–H groups in total. The summed E-state index contributed by atoms with van der Waals surface area (Å²) in [5, 5.41) is 3.49. The van der Waals surface area contributed by atoms with Crippen LogP contribution in [0.5, 0.6) is 0 Å². The molecule has 0 bridgehead atoms. The van der Waals surface area contributed by atoms with Crippen molar-refractivity contribution in [2.24, 2.45) is 0 Å². The van der Waals surface area contributed by atoms with Gasteiger partial charge in [-0.15, -0.1) is 0 Å². The van der Waals surface area contributed by atoms with Crippen LogP contribution in [-0.2, 0) is 0 Å². The Labute approximate surface area is 117 Å². The second-order valence-electron chi connectivity index (χ2n) is 5.94.